The number of ether oxygens (including phenoxy) is 2. The lowest BCUT2D eigenvalue weighted by molar-refractivity contribution is -0.133. The highest BCUT2D eigenvalue weighted by molar-refractivity contribution is 5.94. The highest BCUT2D eigenvalue weighted by Gasteiger charge is 2.30. The molecule has 0 rings (SSSR count). The lowest BCUT2D eigenvalue weighted by atomic mass is 9.92. The molecule has 0 saturated carbocycles. The third-order valence-electron chi connectivity index (χ3n) is 18.6. The van der Waals surface area contributed by atoms with E-state index in [-0.39, 0.29) is 148 Å². The Morgan fingerprint density at radius 2 is 0.667 bits per heavy atom. The van der Waals surface area contributed by atoms with Gasteiger partial charge < -0.3 is 94.1 Å². The van der Waals surface area contributed by atoms with E-state index >= 15 is 0 Å². The first-order chi connectivity index (χ1) is 51.7. The van der Waals surface area contributed by atoms with Gasteiger partial charge in [-0.1, -0.05) is 19.3 Å². The van der Waals surface area contributed by atoms with E-state index in [0.29, 0.717) is 245 Å². The molecule has 7 atom stereocenters. The normalized spacial score (nSPS) is 13.1. The van der Waals surface area contributed by atoms with Crippen molar-refractivity contribution in [2.75, 3.05) is 65.7 Å². The van der Waals surface area contributed by atoms with Crippen molar-refractivity contribution in [1.29, 1.82) is 0 Å². The lowest BCUT2D eigenvalue weighted by Gasteiger charge is -2.24. The van der Waals surface area contributed by atoms with Gasteiger partial charge in [0.15, 0.2) is 5.78 Å². The number of hydrogen-bond acceptors (Lipinski definition) is 21. The van der Waals surface area contributed by atoms with Crippen molar-refractivity contribution in [3.63, 3.8) is 0 Å². The van der Waals surface area contributed by atoms with Gasteiger partial charge in [-0.2, -0.15) is 0 Å². The number of carbonyl (C=O) groups excluding carboxylic acids is 15. The van der Waals surface area contributed by atoms with Crippen molar-refractivity contribution in [1.82, 2.24) is 42.5 Å². The van der Waals surface area contributed by atoms with Crippen LogP contribution >= 0.6 is 0 Å². The molecule has 7 unspecified atom stereocenters. The van der Waals surface area contributed by atoms with Gasteiger partial charge in [-0.05, 0) is 227 Å². The van der Waals surface area contributed by atoms with E-state index in [4.69, 9.17) is 32.4 Å². The van der Waals surface area contributed by atoms with Crippen LogP contribution in [-0.4, -0.2) is 190 Å². The SMILES string of the molecule is CCOCCOCCCC(=O)C(CCCCNC(=O)C(CCCCNC(=O)C(CCCCN)NC(=O)CCCCC(C)=O)NC(=O)C(CCCCN)CC(=O)CCCCC(C)=O)NC(=O)C(CCCCNC(=O)C(N)CCCCCC(=O)CCCCC(C)=O)NC(=O)C(N)CCCCNC(=O)CCCCC(C)=O. The van der Waals surface area contributed by atoms with Crippen molar-refractivity contribution in [3.8, 4) is 0 Å². The van der Waals surface area contributed by atoms with Gasteiger partial charge in [0, 0.05) is 116 Å². The second kappa shape index (κ2) is 67.1. The Labute approximate surface area is 644 Å². The van der Waals surface area contributed by atoms with E-state index in [1.807, 2.05) is 6.92 Å². The van der Waals surface area contributed by atoms with Crippen molar-refractivity contribution in [2.45, 2.75) is 341 Å². The zero-order chi connectivity index (χ0) is 80.5. The number of Topliss-reactive ketones (excluding diaryl/α,β-unsaturated/α-hetero) is 7. The molecule has 108 heavy (non-hydrogen) atoms. The van der Waals surface area contributed by atoms with Crippen molar-refractivity contribution in [3.05, 3.63) is 0 Å². The molecule has 29 nitrogen and oxygen atoms in total. The Balaban J connectivity index is 6.62. The maximum Gasteiger partial charge on any atom is 0.243 e. The average Bonchev–Trinajstić information content (AvgIpc) is 0.885. The number of nitrogens with two attached hydrogens (primary N) is 4. The Bertz CT molecular complexity index is 2630. The van der Waals surface area contributed by atoms with Crippen molar-refractivity contribution >= 4 is 87.7 Å². The zero-order valence-corrected chi connectivity index (χ0v) is 66.6. The molecule has 0 aromatic rings. The molecule has 0 heterocycles. The van der Waals surface area contributed by atoms with Crippen LogP contribution in [0.2, 0.25) is 0 Å². The van der Waals surface area contributed by atoms with Crippen LogP contribution < -0.4 is 65.5 Å². The Morgan fingerprint density at radius 1 is 0.296 bits per heavy atom. The van der Waals surface area contributed by atoms with Gasteiger partial charge in [-0.15, -0.1) is 0 Å². The number of rotatable bonds is 75. The highest BCUT2D eigenvalue weighted by atomic mass is 16.5. The second-order valence-electron chi connectivity index (χ2n) is 28.9. The molecular formula is C79H142N12O17. The molecule has 0 aromatic carbocycles. The van der Waals surface area contributed by atoms with Gasteiger partial charge in [0.05, 0.1) is 31.3 Å². The summed E-state index contributed by atoms with van der Waals surface area (Å²) in [4.78, 5) is 194. The maximum atomic E-state index is 14.5. The molecule has 0 aliphatic rings. The van der Waals surface area contributed by atoms with Crippen molar-refractivity contribution in [2.24, 2.45) is 28.9 Å². The van der Waals surface area contributed by atoms with Crippen LogP contribution in [0.15, 0.2) is 0 Å². The molecule has 0 bridgehead atoms. The predicted molar refractivity (Wildman–Crippen MR) is 416 cm³/mol. The Morgan fingerprint density at radius 3 is 1.18 bits per heavy atom. The van der Waals surface area contributed by atoms with E-state index in [1.54, 1.807) is 0 Å². The summed E-state index contributed by atoms with van der Waals surface area (Å²) in [5.74, 6) is -4.25. The molecule has 0 fully saturated rings. The minimum Gasteiger partial charge on any atom is -0.379 e. The fraction of sp³-hybridized carbons (Fsp3) is 0.810. The maximum absolute atomic E-state index is 14.5. The minimum atomic E-state index is -1.16. The van der Waals surface area contributed by atoms with Gasteiger partial charge in [-0.25, -0.2) is 0 Å². The summed E-state index contributed by atoms with van der Waals surface area (Å²) in [6.07, 6.45) is 17.3. The first kappa shape index (κ1) is 101. The number of nitrogens with one attached hydrogen (secondary N) is 8. The summed E-state index contributed by atoms with van der Waals surface area (Å²) >= 11 is 0. The predicted octanol–water partition coefficient (Wildman–Crippen LogP) is 6.08. The topological polar surface area (TPSA) is 475 Å². The van der Waals surface area contributed by atoms with Crippen LogP contribution in [-0.2, 0) is 81.4 Å². The van der Waals surface area contributed by atoms with Gasteiger partial charge in [0.2, 0.25) is 47.3 Å². The van der Waals surface area contributed by atoms with E-state index in [0.717, 1.165) is 6.42 Å². The molecule has 0 aliphatic carbocycles. The number of ketones is 7. The quantitative estimate of drug-likeness (QED) is 0.0307. The largest absolute Gasteiger partial charge is 0.379 e. The smallest absolute Gasteiger partial charge is 0.243 e. The molecule has 0 aliphatic heterocycles. The first-order valence-corrected chi connectivity index (χ1v) is 40.7. The van der Waals surface area contributed by atoms with Crippen LogP contribution in [0, 0.1) is 5.92 Å². The third kappa shape index (κ3) is 58.2. The fourth-order valence-corrected chi connectivity index (χ4v) is 12.0. The number of unbranched alkanes of at least 4 members (excludes halogenated alkanes) is 12. The second-order valence-corrected chi connectivity index (χ2v) is 28.9. The molecule has 0 saturated heterocycles. The number of amides is 8. The van der Waals surface area contributed by atoms with E-state index < -0.39 is 65.8 Å². The van der Waals surface area contributed by atoms with Gasteiger partial charge in [-0.3, -0.25) is 52.7 Å². The summed E-state index contributed by atoms with van der Waals surface area (Å²) in [6.45, 7) is 11.0. The molecule has 620 valence electrons. The Hall–Kier alpha value is -6.79. The Kier molecular flexibility index (Phi) is 62.9. The highest BCUT2D eigenvalue weighted by Crippen LogP contribution is 2.19. The van der Waals surface area contributed by atoms with E-state index in [1.165, 1.54) is 27.7 Å². The standard InChI is InChI=1S/C79H142N12O17/c1-6-107-55-56-108-54-30-45-71(98)67(89-79(106)70(91-76(103)66(83)40-20-26-50-84-72(99)46-16-12-33-60(4)94)44-23-28-51-85-75(102)65(82)39-9-7-8-36-63(96)37-14-10-31-58(2)92)41-21-27-52-87-78(105)69(90-74(101)62(35-18-24-48-80)57-64(97)38-15-11-32-59(3)93)43-22-29-53-86-77(104)68(42-19-25-49-81)88-73(100)47-17-13-34-61(5)95/h62,65-70H,6-57,80-83H2,1-5H3,(H,84,99)(H,85,102)(H,86,104)(H,87,105)(H,88,100)(H,89,106)(H,90,101)(H,91,103). The van der Waals surface area contributed by atoms with Crippen molar-refractivity contribution < 1.29 is 81.4 Å². The monoisotopic (exact) mass is 1530 g/mol. The zero-order valence-electron chi connectivity index (χ0n) is 66.6. The van der Waals surface area contributed by atoms with Crippen LogP contribution in [0.3, 0.4) is 0 Å². The first-order valence-electron chi connectivity index (χ1n) is 40.7. The third-order valence-corrected chi connectivity index (χ3v) is 18.6. The van der Waals surface area contributed by atoms with Crippen LogP contribution in [0.4, 0.5) is 0 Å². The summed E-state index contributed by atoms with van der Waals surface area (Å²) in [5.41, 5.74) is 24.2. The van der Waals surface area contributed by atoms with Crippen LogP contribution in [0.1, 0.15) is 304 Å². The molecule has 0 spiro atoms. The van der Waals surface area contributed by atoms with E-state index in [9.17, 15) is 71.9 Å². The van der Waals surface area contributed by atoms with Crippen LogP contribution in [0.5, 0.6) is 0 Å². The van der Waals surface area contributed by atoms with Gasteiger partial charge in [0.25, 0.3) is 0 Å². The molecule has 16 N–H and O–H groups in total. The minimum absolute atomic E-state index is 0.0179. The number of hydrogen-bond donors (Lipinski definition) is 12. The lowest BCUT2D eigenvalue weighted by Crippen LogP contribution is -2.54. The van der Waals surface area contributed by atoms with Gasteiger partial charge >= 0.3 is 0 Å². The van der Waals surface area contributed by atoms with E-state index in [2.05, 4.69) is 42.5 Å². The van der Waals surface area contributed by atoms with Gasteiger partial charge in [0.1, 0.15) is 52.8 Å². The summed E-state index contributed by atoms with van der Waals surface area (Å²) in [5, 5.41) is 23.0. The molecule has 8 amide bonds. The number of carbonyl (C=O) groups is 15. The summed E-state index contributed by atoms with van der Waals surface area (Å²) in [7, 11) is 0. The summed E-state index contributed by atoms with van der Waals surface area (Å²) in [6, 6.07) is -5.90. The fourth-order valence-electron chi connectivity index (χ4n) is 12.0. The molecule has 29 heteroatoms. The molecule has 0 aromatic heterocycles. The molecule has 0 radical (unpaired) electrons. The molecular weight excluding hydrogens is 1390 g/mol. The average molecular weight is 1530 g/mol. The summed E-state index contributed by atoms with van der Waals surface area (Å²) < 4.78 is 11.1. The van der Waals surface area contributed by atoms with Crippen LogP contribution in [0.25, 0.3) is 0 Å².